The van der Waals surface area contributed by atoms with Crippen LogP contribution in [0.4, 0.5) is 8.78 Å². The number of rotatable bonds is 5. The highest BCUT2D eigenvalue weighted by Gasteiger charge is 2.41. The summed E-state index contributed by atoms with van der Waals surface area (Å²) in [6.07, 6.45) is 3.99. The Balaban J connectivity index is 1.91. The van der Waals surface area contributed by atoms with Crippen LogP contribution in [0.5, 0.6) is 0 Å². The summed E-state index contributed by atoms with van der Waals surface area (Å²) in [5, 5.41) is 16.1. The third-order valence-electron chi connectivity index (χ3n) is 5.60. The highest BCUT2D eigenvalue weighted by atomic mass is 19.1. The molecule has 9 heteroatoms. The lowest BCUT2D eigenvalue weighted by molar-refractivity contribution is -0.0343. The number of hydrogen-bond acceptors (Lipinski definition) is 5. The van der Waals surface area contributed by atoms with E-state index in [1.165, 1.54) is 34.3 Å². The summed E-state index contributed by atoms with van der Waals surface area (Å²) in [5.41, 5.74) is -0.171. The van der Waals surface area contributed by atoms with E-state index in [1.54, 1.807) is 13.0 Å². The van der Waals surface area contributed by atoms with Crippen molar-refractivity contribution in [2.45, 2.75) is 39.0 Å². The van der Waals surface area contributed by atoms with E-state index in [0.717, 1.165) is 17.2 Å². The molecule has 0 spiro atoms. The first-order chi connectivity index (χ1) is 14.7. The fraction of sp³-hybridized carbons (Fsp3) is 0.273. The van der Waals surface area contributed by atoms with Gasteiger partial charge in [-0.15, -0.1) is 0 Å². The van der Waals surface area contributed by atoms with Crippen molar-refractivity contribution in [2.75, 3.05) is 0 Å². The highest BCUT2D eigenvalue weighted by Crippen LogP contribution is 2.36. The topological polar surface area (TPSA) is 85.8 Å². The molecule has 0 fully saturated rings. The van der Waals surface area contributed by atoms with E-state index in [0.29, 0.717) is 17.0 Å². The Kier molecular flexibility index (Phi) is 5.14. The van der Waals surface area contributed by atoms with E-state index in [9.17, 15) is 18.7 Å². The van der Waals surface area contributed by atoms with E-state index in [2.05, 4.69) is 15.1 Å². The van der Waals surface area contributed by atoms with Gasteiger partial charge in [-0.3, -0.25) is 9.36 Å². The number of fused-ring (bicyclic) bond motifs is 1. The van der Waals surface area contributed by atoms with Crippen molar-refractivity contribution in [3.05, 3.63) is 88.0 Å². The summed E-state index contributed by atoms with van der Waals surface area (Å²) in [7, 11) is 0. The molecule has 7 nitrogen and oxygen atoms in total. The lowest BCUT2D eigenvalue weighted by Crippen LogP contribution is -2.43. The molecule has 0 aliphatic carbocycles. The van der Waals surface area contributed by atoms with Crippen molar-refractivity contribution in [3.63, 3.8) is 0 Å². The van der Waals surface area contributed by atoms with Gasteiger partial charge < -0.3 is 5.11 Å². The fourth-order valence-electron chi connectivity index (χ4n) is 3.96. The van der Waals surface area contributed by atoms with Gasteiger partial charge in [0, 0.05) is 11.6 Å². The van der Waals surface area contributed by atoms with Gasteiger partial charge in [0.05, 0.1) is 29.8 Å². The summed E-state index contributed by atoms with van der Waals surface area (Å²) in [6.45, 7) is 5.11. The summed E-state index contributed by atoms with van der Waals surface area (Å²) in [5.74, 6) is -1.70. The molecule has 4 rings (SSSR count). The van der Waals surface area contributed by atoms with Gasteiger partial charge in [0.25, 0.3) is 5.56 Å². The Morgan fingerprint density at radius 3 is 2.61 bits per heavy atom. The van der Waals surface area contributed by atoms with Gasteiger partial charge >= 0.3 is 0 Å². The third kappa shape index (κ3) is 3.61. The van der Waals surface area contributed by atoms with Crippen molar-refractivity contribution < 1.29 is 13.9 Å². The SMILES string of the molecule is Cc1cc(C)c2ncn([C@H](C)[C@](O)(Cn3cncn3)c3ccc(F)cc3F)c(=O)c2c1. The van der Waals surface area contributed by atoms with E-state index in [-0.39, 0.29) is 17.7 Å². The molecule has 0 aliphatic rings. The largest absolute Gasteiger partial charge is 0.381 e. The standard InChI is InChI=1S/C22H21F2N5O2/c1-13-6-14(2)20-17(7-13)21(30)29(12-26-20)15(3)22(31,9-28-11-25-10-27-28)18-5-4-16(23)8-19(18)24/h4-8,10-12,15,31H,9H2,1-3H3/t15-,22-/m1/s1. The zero-order chi connectivity index (χ0) is 22.3. The first-order valence-electron chi connectivity index (χ1n) is 9.69. The van der Waals surface area contributed by atoms with E-state index in [4.69, 9.17) is 0 Å². The first kappa shape index (κ1) is 20.8. The number of nitrogens with zero attached hydrogens (tertiary/aromatic N) is 5. The molecule has 0 unspecified atom stereocenters. The minimum absolute atomic E-state index is 0.163. The Labute approximate surface area is 176 Å². The summed E-state index contributed by atoms with van der Waals surface area (Å²) < 4.78 is 30.9. The molecule has 0 bridgehead atoms. The number of hydrogen-bond donors (Lipinski definition) is 1. The van der Waals surface area contributed by atoms with Crippen molar-refractivity contribution in [2.24, 2.45) is 0 Å². The number of halogens is 2. The van der Waals surface area contributed by atoms with Crippen LogP contribution in [0.15, 0.2) is 54.1 Å². The second-order valence-corrected chi connectivity index (χ2v) is 7.75. The van der Waals surface area contributed by atoms with Crippen molar-refractivity contribution in [1.29, 1.82) is 0 Å². The summed E-state index contributed by atoms with van der Waals surface area (Å²) in [4.78, 5) is 21.6. The van der Waals surface area contributed by atoms with Crippen LogP contribution in [-0.2, 0) is 12.1 Å². The monoisotopic (exact) mass is 425 g/mol. The van der Waals surface area contributed by atoms with Crippen molar-refractivity contribution in [3.8, 4) is 0 Å². The van der Waals surface area contributed by atoms with Crippen LogP contribution >= 0.6 is 0 Å². The molecular weight excluding hydrogens is 404 g/mol. The van der Waals surface area contributed by atoms with Crippen molar-refractivity contribution in [1.82, 2.24) is 24.3 Å². The second-order valence-electron chi connectivity index (χ2n) is 7.75. The van der Waals surface area contributed by atoms with Crippen LogP contribution in [0.2, 0.25) is 0 Å². The molecule has 4 aromatic rings. The normalized spacial score (nSPS) is 14.5. The number of aryl methyl sites for hydroxylation is 2. The van der Waals surface area contributed by atoms with Gasteiger partial charge in [0.2, 0.25) is 0 Å². The van der Waals surface area contributed by atoms with E-state index >= 15 is 0 Å². The number of aromatic nitrogens is 5. The first-order valence-corrected chi connectivity index (χ1v) is 9.69. The lowest BCUT2D eigenvalue weighted by atomic mass is 9.86. The molecule has 2 aromatic carbocycles. The van der Waals surface area contributed by atoms with Gasteiger partial charge in [-0.2, -0.15) is 5.10 Å². The van der Waals surface area contributed by atoms with Crippen LogP contribution in [0, 0.1) is 25.5 Å². The second kappa shape index (κ2) is 7.66. The molecule has 2 aromatic heterocycles. The van der Waals surface area contributed by atoms with E-state index < -0.39 is 23.3 Å². The maximum atomic E-state index is 14.8. The predicted molar refractivity (Wildman–Crippen MR) is 110 cm³/mol. The fourth-order valence-corrected chi connectivity index (χ4v) is 3.96. The summed E-state index contributed by atoms with van der Waals surface area (Å²) in [6, 6.07) is 5.62. The molecule has 31 heavy (non-hydrogen) atoms. The average Bonchev–Trinajstić information content (AvgIpc) is 3.21. The molecule has 1 N–H and O–H groups in total. The minimum Gasteiger partial charge on any atom is -0.381 e. The predicted octanol–water partition coefficient (Wildman–Crippen LogP) is 3.03. The van der Waals surface area contributed by atoms with Gasteiger partial charge in [0.15, 0.2) is 0 Å². The smallest absolute Gasteiger partial charge is 0.261 e. The van der Waals surface area contributed by atoms with Gasteiger partial charge in [-0.05, 0) is 44.0 Å². The maximum absolute atomic E-state index is 14.8. The Morgan fingerprint density at radius 2 is 1.94 bits per heavy atom. The van der Waals surface area contributed by atoms with Crippen molar-refractivity contribution >= 4 is 10.9 Å². The van der Waals surface area contributed by atoms with E-state index in [1.807, 2.05) is 19.9 Å². The number of benzene rings is 2. The molecule has 2 heterocycles. The zero-order valence-corrected chi connectivity index (χ0v) is 17.3. The molecule has 0 saturated carbocycles. The average molecular weight is 425 g/mol. The Bertz CT molecular complexity index is 1320. The minimum atomic E-state index is -1.95. The van der Waals surface area contributed by atoms with Gasteiger partial charge in [-0.1, -0.05) is 12.1 Å². The Morgan fingerprint density at radius 1 is 1.16 bits per heavy atom. The van der Waals surface area contributed by atoms with Crippen LogP contribution in [0.1, 0.15) is 29.7 Å². The van der Waals surface area contributed by atoms with Crippen LogP contribution in [-0.4, -0.2) is 29.4 Å². The quantitative estimate of drug-likeness (QED) is 0.531. The molecule has 0 aliphatic heterocycles. The zero-order valence-electron chi connectivity index (χ0n) is 17.3. The summed E-state index contributed by atoms with van der Waals surface area (Å²) >= 11 is 0. The molecule has 0 saturated heterocycles. The lowest BCUT2D eigenvalue weighted by Gasteiger charge is -2.35. The molecule has 2 atom stereocenters. The van der Waals surface area contributed by atoms with Gasteiger partial charge in [-0.25, -0.2) is 23.4 Å². The van der Waals surface area contributed by atoms with Crippen LogP contribution < -0.4 is 5.56 Å². The van der Waals surface area contributed by atoms with Crippen LogP contribution in [0.3, 0.4) is 0 Å². The molecule has 160 valence electrons. The highest BCUT2D eigenvalue weighted by molar-refractivity contribution is 5.81. The molecular formula is C22H21F2N5O2. The third-order valence-corrected chi connectivity index (χ3v) is 5.60. The van der Waals surface area contributed by atoms with Gasteiger partial charge in [0.1, 0.15) is 29.9 Å². The number of aliphatic hydroxyl groups is 1. The Hall–Kier alpha value is -3.46. The molecule has 0 amide bonds. The van der Waals surface area contributed by atoms with Crippen LogP contribution in [0.25, 0.3) is 10.9 Å². The molecule has 0 radical (unpaired) electrons. The maximum Gasteiger partial charge on any atom is 0.261 e.